The van der Waals surface area contributed by atoms with E-state index in [-0.39, 0.29) is 73.6 Å². The van der Waals surface area contributed by atoms with Gasteiger partial charge < -0.3 is 14.2 Å². The van der Waals surface area contributed by atoms with Crippen LogP contribution in [-0.4, -0.2) is 113 Å². The first-order valence-electron chi connectivity index (χ1n) is 17.5. The molecule has 0 fully saturated rings. The number of hydrogen-bond donors (Lipinski definition) is 4. The zero-order chi connectivity index (χ0) is 43.7. The zero-order valence-corrected chi connectivity index (χ0v) is 35.6. The van der Waals surface area contributed by atoms with E-state index in [0.29, 0.717) is 31.0 Å². The zero-order valence-electron chi connectivity index (χ0n) is 31.5. The molecule has 1 unspecified atom stereocenters. The van der Waals surface area contributed by atoms with Crippen molar-refractivity contribution in [1.29, 1.82) is 0 Å². The number of ether oxygens (including phenoxy) is 1. The van der Waals surface area contributed by atoms with Crippen molar-refractivity contribution in [2.75, 3.05) is 36.1 Å². The second kappa shape index (κ2) is 17.2. The summed E-state index contributed by atoms with van der Waals surface area (Å²) >= 11 is 0. The van der Waals surface area contributed by atoms with Gasteiger partial charge in [0.2, 0.25) is 5.69 Å². The third kappa shape index (κ3) is 10.8. The highest BCUT2D eigenvalue weighted by Gasteiger charge is 2.49. The molecule has 4 rings (SSSR count). The van der Waals surface area contributed by atoms with Crippen LogP contribution in [0.5, 0.6) is 0 Å². The van der Waals surface area contributed by atoms with Crippen LogP contribution in [0.1, 0.15) is 70.4 Å². The lowest BCUT2D eigenvalue weighted by Gasteiger charge is -2.31. The molecule has 0 aliphatic carbocycles. The molecule has 2 aromatic carbocycles. The van der Waals surface area contributed by atoms with Gasteiger partial charge in [-0.1, -0.05) is 25.0 Å². The van der Waals surface area contributed by atoms with Gasteiger partial charge in [-0.05, 0) is 64.3 Å². The molecule has 322 valence electrons. The van der Waals surface area contributed by atoms with E-state index in [9.17, 15) is 69.6 Å². The first-order chi connectivity index (χ1) is 26.5. The van der Waals surface area contributed by atoms with Crippen LogP contribution in [0.3, 0.4) is 0 Å². The smallest absolute Gasteiger partial charge is 0.295 e. The van der Waals surface area contributed by atoms with E-state index in [1.165, 1.54) is 35.3 Å². The van der Waals surface area contributed by atoms with Crippen molar-refractivity contribution in [3.8, 4) is 0 Å². The van der Waals surface area contributed by atoms with E-state index >= 15 is 0 Å². The van der Waals surface area contributed by atoms with Crippen LogP contribution in [0, 0.1) is 0 Å². The number of hydrogen-bond acceptors (Lipinski definition) is 14. The van der Waals surface area contributed by atoms with E-state index in [2.05, 4.69) is 0 Å². The molecule has 58 heavy (non-hydrogen) atoms. The molecule has 0 saturated heterocycles. The number of nitrogens with zero attached hydrogens (tertiary/aromatic N) is 2. The first kappa shape index (κ1) is 47.1. The molecule has 0 aromatic heterocycles. The molecule has 2 aromatic rings. The number of fused-ring (bicyclic) bond motifs is 2. The van der Waals surface area contributed by atoms with Gasteiger partial charge in [0.25, 0.3) is 46.9 Å². The van der Waals surface area contributed by atoms with Gasteiger partial charge in [0.1, 0.15) is 16.3 Å². The van der Waals surface area contributed by atoms with Gasteiger partial charge in [-0.3, -0.25) is 23.0 Å². The molecule has 19 nitrogen and oxygen atoms in total. The molecule has 0 spiro atoms. The lowest BCUT2D eigenvalue weighted by Crippen LogP contribution is -2.31. The minimum atomic E-state index is -5.23. The monoisotopic (exact) mass is 912 g/mol. The third-order valence-corrected chi connectivity index (χ3v) is 14.2. The maximum absolute atomic E-state index is 13.0. The maximum Gasteiger partial charge on any atom is 0.295 e. The SMILES string of the molecule is CC1(C)C(/C=C/C=C2/N(CCCS(=O)(=O)O)c3cc(S(=O)(=O)O)cc(S(=O)(=O)O)c3C2(C)CCCCCOC=O)=[N+](CCCS(=O)(=O)[O-])c2cccc(S(=O)(=O)O)c21. The van der Waals surface area contributed by atoms with Crippen LogP contribution in [0.15, 0.2) is 68.9 Å². The van der Waals surface area contributed by atoms with Crippen molar-refractivity contribution in [3.63, 3.8) is 0 Å². The highest BCUT2D eigenvalue weighted by atomic mass is 32.2. The van der Waals surface area contributed by atoms with Crippen molar-refractivity contribution < 1.29 is 79.0 Å². The number of anilines is 1. The number of carbonyl (C=O) groups is 1. The molecule has 0 bridgehead atoms. The summed E-state index contributed by atoms with van der Waals surface area (Å²) in [6.07, 6.45) is 5.27. The maximum atomic E-state index is 13.0. The summed E-state index contributed by atoms with van der Waals surface area (Å²) in [7, 11) is -24.3. The Labute approximate surface area is 337 Å². The van der Waals surface area contributed by atoms with E-state index in [0.717, 1.165) is 6.07 Å². The Bertz CT molecular complexity index is 2620. The van der Waals surface area contributed by atoms with Gasteiger partial charge >= 0.3 is 0 Å². The second-order valence-corrected chi connectivity index (χ2v) is 21.8. The number of rotatable bonds is 20. The first-order valence-corrected chi connectivity index (χ1v) is 25.0. The van der Waals surface area contributed by atoms with Crippen LogP contribution >= 0.6 is 0 Å². The Kier molecular flexibility index (Phi) is 13.9. The minimum Gasteiger partial charge on any atom is -0.748 e. The molecule has 0 saturated carbocycles. The molecule has 2 aliphatic heterocycles. The van der Waals surface area contributed by atoms with E-state index in [4.69, 9.17) is 4.74 Å². The van der Waals surface area contributed by atoms with Crippen molar-refractivity contribution in [2.24, 2.45) is 0 Å². The largest absolute Gasteiger partial charge is 0.748 e. The summed E-state index contributed by atoms with van der Waals surface area (Å²) in [5, 5.41) is 0. The highest BCUT2D eigenvalue weighted by Crippen LogP contribution is 2.54. The van der Waals surface area contributed by atoms with Gasteiger partial charge in [0, 0.05) is 53.2 Å². The lowest BCUT2D eigenvalue weighted by molar-refractivity contribution is -0.437. The van der Waals surface area contributed by atoms with Crippen LogP contribution in [-0.2, 0) is 71.0 Å². The van der Waals surface area contributed by atoms with Crippen molar-refractivity contribution in [3.05, 3.63) is 65.4 Å². The van der Waals surface area contributed by atoms with Gasteiger partial charge in [-0.15, -0.1) is 0 Å². The average molecular weight is 913 g/mol. The Morgan fingerprint density at radius 3 is 2.02 bits per heavy atom. The molecular weight excluding hydrogens is 869 g/mol. The van der Waals surface area contributed by atoms with Crippen LogP contribution in [0.4, 0.5) is 11.4 Å². The number of carbonyl (C=O) groups excluding carboxylic acids is 1. The van der Waals surface area contributed by atoms with Crippen LogP contribution < -0.4 is 4.90 Å². The summed E-state index contributed by atoms with van der Waals surface area (Å²) < 4.78 is 180. The molecule has 24 heteroatoms. The topological polar surface area (TPSA) is 307 Å². The average Bonchev–Trinajstić information content (AvgIpc) is 3.43. The minimum absolute atomic E-state index is 0.0747. The van der Waals surface area contributed by atoms with Gasteiger partial charge in [-0.25, -0.2) is 8.42 Å². The van der Waals surface area contributed by atoms with Crippen LogP contribution in [0.25, 0.3) is 0 Å². The number of benzene rings is 2. The fourth-order valence-electron chi connectivity index (χ4n) is 7.67. The van der Waals surface area contributed by atoms with Gasteiger partial charge in [0.05, 0.1) is 38.4 Å². The molecule has 1 atom stereocenters. The molecular formula is C34H44N2O17S5. The Balaban J connectivity index is 2.00. The fraction of sp³-hybridized carbons (Fsp3) is 0.471. The lowest BCUT2D eigenvalue weighted by atomic mass is 9.77. The van der Waals surface area contributed by atoms with Crippen LogP contribution in [0.2, 0.25) is 0 Å². The highest BCUT2D eigenvalue weighted by molar-refractivity contribution is 7.87. The van der Waals surface area contributed by atoms with E-state index in [1.54, 1.807) is 31.4 Å². The standard InChI is InChI=1S/C34H44N2O17S5/c1-33(2)29(35(16-9-19-54(38,39)40)25-11-7-12-27(31(25)33)57(47,48)49)13-8-14-30-34(3,15-5-4-6-18-53-23-37)32-26(36(30)17-10-20-55(41,42)43)21-24(56(44,45)46)22-28(32)58(50,51)52/h7-8,11-14,21-23H,4-6,9-10,15-20H2,1-3H3,(H4-,38,39,40,41,42,43,44,45,46,47,48,49,50,51,52). The third-order valence-electron chi connectivity index (χ3n) is 10.0. The predicted molar refractivity (Wildman–Crippen MR) is 208 cm³/mol. The second-order valence-electron chi connectivity index (χ2n) is 14.5. The Morgan fingerprint density at radius 2 is 1.45 bits per heavy atom. The quantitative estimate of drug-likeness (QED) is 0.0642. The summed E-state index contributed by atoms with van der Waals surface area (Å²) in [5.74, 6) is -1.52. The van der Waals surface area contributed by atoms with Crippen molar-refractivity contribution in [2.45, 2.75) is 84.8 Å². The summed E-state index contributed by atoms with van der Waals surface area (Å²) in [4.78, 5) is 9.84. The number of unbranched alkanes of at least 4 members (excludes halogenated alkanes) is 2. The fourth-order valence-corrected chi connectivity index (χ4v) is 11.0. The van der Waals surface area contributed by atoms with Crippen molar-refractivity contribution in [1.82, 2.24) is 0 Å². The van der Waals surface area contributed by atoms with E-state index < -0.39 is 87.6 Å². The molecule has 4 N–H and O–H groups in total. The molecule has 0 radical (unpaired) electrons. The Hall–Kier alpha value is -3.59. The summed E-state index contributed by atoms with van der Waals surface area (Å²) in [6.45, 7) is 4.83. The normalized spacial score (nSPS) is 19.2. The predicted octanol–water partition coefficient (Wildman–Crippen LogP) is 2.97. The van der Waals surface area contributed by atoms with Crippen molar-refractivity contribution >= 4 is 74.1 Å². The molecule has 0 amide bonds. The summed E-state index contributed by atoms with van der Waals surface area (Å²) in [6, 6.07) is 5.66. The number of allylic oxidation sites excluding steroid dienone is 4. The van der Waals surface area contributed by atoms with E-state index in [1.807, 2.05) is 0 Å². The molecule has 2 heterocycles. The Morgan fingerprint density at radius 1 is 0.793 bits per heavy atom. The van der Waals surface area contributed by atoms with Gasteiger partial charge in [-0.2, -0.15) is 38.2 Å². The molecule has 2 aliphatic rings. The van der Waals surface area contributed by atoms with Gasteiger partial charge in [0.15, 0.2) is 5.71 Å². The summed E-state index contributed by atoms with van der Waals surface area (Å²) in [5.41, 5.74) is -1.84.